The number of rotatable bonds is 6. The number of allylic oxidation sites excluding steroid dienone is 2. The molecule has 0 radical (unpaired) electrons. The molecular weight excluding hydrogens is 470 g/mol. The first-order valence-corrected chi connectivity index (χ1v) is 14.6. The van der Waals surface area contributed by atoms with Crippen LogP contribution in [0.25, 0.3) is 0 Å². The minimum Gasteiger partial charge on any atom is -0.457 e. The summed E-state index contributed by atoms with van der Waals surface area (Å²) in [6, 6.07) is 18.4. The fraction of sp³-hybridized carbons (Fsp3) is 0.500. The predicted octanol–water partition coefficient (Wildman–Crippen LogP) is 9.03. The number of benzene rings is 2. The standard InChI is InChI=1S/C34H43NO3/c1-25-17-22-30(34(2,3)27-18-20-29(21-19-27)37-28-14-8-5-9-15-28)32(24-25)38-33(36)35-23-11-10-16-31(35)26-12-6-4-7-13-26/h5,8-11,14-16,18-21,23,25-26,30-32H,4,6-7,12-13,17,22,24H2,1-3H3/t25?,30?,31-,32?/m0/s1. The number of ether oxygens (including phenoxy) is 2. The highest BCUT2D eigenvalue weighted by Gasteiger charge is 2.43. The highest BCUT2D eigenvalue weighted by Crippen LogP contribution is 2.44. The number of hydrogen-bond acceptors (Lipinski definition) is 3. The molecule has 2 fully saturated rings. The highest BCUT2D eigenvalue weighted by atomic mass is 16.6. The third-order valence-corrected chi connectivity index (χ3v) is 9.14. The summed E-state index contributed by atoms with van der Waals surface area (Å²) >= 11 is 0. The van der Waals surface area contributed by atoms with E-state index in [2.05, 4.69) is 57.2 Å². The molecule has 2 aromatic rings. The molecule has 2 aliphatic carbocycles. The third kappa shape index (κ3) is 6.00. The van der Waals surface area contributed by atoms with Gasteiger partial charge in [0.2, 0.25) is 0 Å². The van der Waals surface area contributed by atoms with Crippen LogP contribution in [0.15, 0.2) is 79.0 Å². The molecule has 2 saturated carbocycles. The lowest BCUT2D eigenvalue weighted by Gasteiger charge is -2.45. The Morgan fingerprint density at radius 2 is 1.58 bits per heavy atom. The summed E-state index contributed by atoms with van der Waals surface area (Å²) in [6.45, 7) is 6.89. The smallest absolute Gasteiger partial charge is 0.414 e. The lowest BCUT2D eigenvalue weighted by Crippen LogP contribution is -2.47. The third-order valence-electron chi connectivity index (χ3n) is 9.14. The maximum absolute atomic E-state index is 13.7. The molecule has 3 unspecified atom stereocenters. The van der Waals surface area contributed by atoms with Crippen LogP contribution in [0, 0.1) is 17.8 Å². The van der Waals surface area contributed by atoms with Gasteiger partial charge in [-0.2, -0.15) is 0 Å². The number of para-hydroxylation sites is 1. The number of hydrogen-bond donors (Lipinski definition) is 0. The zero-order valence-electron chi connectivity index (χ0n) is 23.2. The average Bonchev–Trinajstić information content (AvgIpc) is 2.94. The van der Waals surface area contributed by atoms with E-state index in [0.717, 1.165) is 30.8 Å². The minimum absolute atomic E-state index is 0.104. The second-order valence-corrected chi connectivity index (χ2v) is 12.1. The van der Waals surface area contributed by atoms with E-state index in [0.29, 0.717) is 11.8 Å². The number of carbonyl (C=O) groups excluding carboxylic acids is 1. The lowest BCUT2D eigenvalue weighted by atomic mass is 9.64. The average molecular weight is 514 g/mol. The van der Waals surface area contributed by atoms with Crippen LogP contribution in [0.1, 0.15) is 77.7 Å². The van der Waals surface area contributed by atoms with Gasteiger partial charge in [0.15, 0.2) is 0 Å². The van der Waals surface area contributed by atoms with E-state index in [-0.39, 0.29) is 29.6 Å². The van der Waals surface area contributed by atoms with Crippen molar-refractivity contribution in [1.82, 2.24) is 4.90 Å². The number of nitrogens with zero attached hydrogens (tertiary/aromatic N) is 1. The van der Waals surface area contributed by atoms with Crippen LogP contribution < -0.4 is 4.74 Å². The Morgan fingerprint density at radius 1 is 0.868 bits per heavy atom. The molecular formula is C34H43NO3. The van der Waals surface area contributed by atoms with Gasteiger partial charge < -0.3 is 9.47 Å². The molecule has 5 rings (SSSR count). The summed E-state index contributed by atoms with van der Waals surface area (Å²) in [7, 11) is 0. The molecule has 3 aliphatic rings. The van der Waals surface area contributed by atoms with Gasteiger partial charge in [0.25, 0.3) is 0 Å². The monoisotopic (exact) mass is 513 g/mol. The van der Waals surface area contributed by atoms with Crippen molar-refractivity contribution in [2.45, 2.75) is 89.7 Å². The zero-order chi connectivity index (χ0) is 26.5. The first-order valence-electron chi connectivity index (χ1n) is 14.6. The molecule has 0 spiro atoms. The lowest BCUT2D eigenvalue weighted by molar-refractivity contribution is -0.0181. The Balaban J connectivity index is 1.30. The van der Waals surface area contributed by atoms with Gasteiger partial charge in [-0.25, -0.2) is 4.79 Å². The Morgan fingerprint density at radius 3 is 2.32 bits per heavy atom. The highest BCUT2D eigenvalue weighted by molar-refractivity contribution is 5.70. The maximum Gasteiger partial charge on any atom is 0.414 e. The van der Waals surface area contributed by atoms with Crippen LogP contribution in [-0.4, -0.2) is 23.1 Å². The van der Waals surface area contributed by atoms with Crippen LogP contribution in [-0.2, 0) is 10.2 Å². The van der Waals surface area contributed by atoms with Gasteiger partial charge in [0.1, 0.15) is 17.6 Å². The van der Waals surface area contributed by atoms with Gasteiger partial charge in [-0.1, -0.05) is 88.9 Å². The molecule has 4 atom stereocenters. The largest absolute Gasteiger partial charge is 0.457 e. The SMILES string of the molecule is CC1CCC(C(C)(C)c2ccc(Oc3ccccc3)cc2)C(OC(=O)N2C=CC=C[C@H]2C2CCCCC2)C1. The van der Waals surface area contributed by atoms with Crippen LogP contribution >= 0.6 is 0 Å². The molecule has 2 aromatic carbocycles. The van der Waals surface area contributed by atoms with Crippen molar-refractivity contribution in [2.24, 2.45) is 17.8 Å². The zero-order valence-corrected chi connectivity index (χ0v) is 23.2. The van der Waals surface area contributed by atoms with Crippen molar-refractivity contribution in [3.63, 3.8) is 0 Å². The van der Waals surface area contributed by atoms with Crippen molar-refractivity contribution >= 4 is 6.09 Å². The summed E-state index contributed by atoms with van der Waals surface area (Å²) in [5.74, 6) is 2.98. The second kappa shape index (κ2) is 11.8. The van der Waals surface area contributed by atoms with E-state index < -0.39 is 0 Å². The van der Waals surface area contributed by atoms with Crippen molar-refractivity contribution in [1.29, 1.82) is 0 Å². The summed E-state index contributed by atoms with van der Waals surface area (Å²) in [6.07, 6.45) is 17.2. The Kier molecular flexibility index (Phi) is 8.26. The molecule has 4 heteroatoms. The molecule has 0 bridgehead atoms. The second-order valence-electron chi connectivity index (χ2n) is 12.1. The van der Waals surface area contributed by atoms with E-state index in [1.165, 1.54) is 37.7 Å². The quantitative estimate of drug-likeness (QED) is 0.387. The van der Waals surface area contributed by atoms with E-state index in [9.17, 15) is 4.79 Å². The first kappa shape index (κ1) is 26.6. The molecule has 4 nitrogen and oxygen atoms in total. The van der Waals surface area contributed by atoms with E-state index >= 15 is 0 Å². The molecule has 1 amide bonds. The molecule has 1 aliphatic heterocycles. The van der Waals surface area contributed by atoms with Gasteiger partial charge in [0, 0.05) is 12.1 Å². The summed E-state index contributed by atoms with van der Waals surface area (Å²) in [5, 5.41) is 0. The van der Waals surface area contributed by atoms with Gasteiger partial charge in [-0.3, -0.25) is 4.90 Å². The summed E-state index contributed by atoms with van der Waals surface area (Å²) in [5.41, 5.74) is 1.11. The number of amides is 1. The van der Waals surface area contributed by atoms with E-state index in [1.807, 2.05) is 47.5 Å². The van der Waals surface area contributed by atoms with Crippen molar-refractivity contribution < 1.29 is 14.3 Å². The molecule has 1 heterocycles. The topological polar surface area (TPSA) is 38.8 Å². The Hall–Kier alpha value is -3.01. The minimum atomic E-state index is -0.187. The fourth-order valence-corrected chi connectivity index (χ4v) is 6.82. The Labute approximate surface area is 228 Å². The van der Waals surface area contributed by atoms with Gasteiger partial charge >= 0.3 is 6.09 Å². The summed E-state index contributed by atoms with van der Waals surface area (Å²) in [4.78, 5) is 15.5. The van der Waals surface area contributed by atoms with Crippen LogP contribution in [0.4, 0.5) is 4.79 Å². The van der Waals surface area contributed by atoms with Crippen LogP contribution in [0.3, 0.4) is 0 Å². The summed E-state index contributed by atoms with van der Waals surface area (Å²) < 4.78 is 12.4. The fourth-order valence-electron chi connectivity index (χ4n) is 6.82. The van der Waals surface area contributed by atoms with Crippen molar-refractivity contribution in [3.05, 3.63) is 84.6 Å². The Bertz CT molecular complexity index is 1110. The maximum atomic E-state index is 13.7. The van der Waals surface area contributed by atoms with Crippen LogP contribution in [0.5, 0.6) is 11.5 Å². The van der Waals surface area contributed by atoms with Crippen LogP contribution in [0.2, 0.25) is 0 Å². The molecule has 0 aromatic heterocycles. The van der Waals surface area contributed by atoms with Crippen molar-refractivity contribution in [2.75, 3.05) is 0 Å². The van der Waals surface area contributed by atoms with E-state index in [4.69, 9.17) is 9.47 Å². The van der Waals surface area contributed by atoms with E-state index in [1.54, 1.807) is 0 Å². The predicted molar refractivity (Wildman–Crippen MR) is 153 cm³/mol. The van der Waals surface area contributed by atoms with Gasteiger partial charge in [0.05, 0.1) is 6.04 Å². The molecule has 0 N–H and O–H groups in total. The number of carbonyl (C=O) groups is 1. The van der Waals surface area contributed by atoms with Gasteiger partial charge in [-0.15, -0.1) is 0 Å². The molecule has 38 heavy (non-hydrogen) atoms. The first-order chi connectivity index (χ1) is 18.4. The van der Waals surface area contributed by atoms with Gasteiger partial charge in [-0.05, 0) is 78.8 Å². The normalized spacial score (nSPS) is 26.2. The molecule has 202 valence electrons. The molecule has 0 saturated heterocycles. The van der Waals surface area contributed by atoms with Crippen molar-refractivity contribution in [3.8, 4) is 11.5 Å².